The maximum atomic E-state index is 11.5. The van der Waals surface area contributed by atoms with Crippen molar-refractivity contribution in [1.29, 1.82) is 0 Å². The molecule has 0 aliphatic carbocycles. The lowest BCUT2D eigenvalue weighted by Gasteiger charge is -2.24. The van der Waals surface area contributed by atoms with Crippen molar-refractivity contribution < 1.29 is 14.4 Å². The van der Waals surface area contributed by atoms with Crippen molar-refractivity contribution in [3.8, 4) is 12.3 Å². The molecule has 1 amide bonds. The molecule has 0 bridgehead atoms. The van der Waals surface area contributed by atoms with E-state index in [1.54, 1.807) is 18.0 Å². The molecule has 5 heteroatoms. The van der Waals surface area contributed by atoms with Crippen molar-refractivity contribution in [2.24, 2.45) is 5.16 Å². The zero-order chi connectivity index (χ0) is 12.5. The molecular weight excluding hydrogens is 220 g/mol. The molecule has 0 radical (unpaired) electrons. The molecule has 1 aliphatic heterocycles. The normalized spacial score (nSPS) is 15.3. The number of amides is 1. The van der Waals surface area contributed by atoms with Gasteiger partial charge >= 0.3 is 6.09 Å². The van der Waals surface area contributed by atoms with E-state index in [0.717, 1.165) is 12.0 Å². The minimum Gasteiger partial charge on any atom is -0.450 e. The van der Waals surface area contributed by atoms with Crippen LogP contribution in [0.3, 0.4) is 0 Å². The van der Waals surface area contributed by atoms with E-state index in [1.165, 1.54) is 0 Å². The SMILES string of the molecule is C#CCON=CC1=CCCN(C(=O)OCC)C1. The van der Waals surface area contributed by atoms with Gasteiger partial charge in [0.05, 0.1) is 19.4 Å². The molecule has 0 aromatic heterocycles. The van der Waals surface area contributed by atoms with Gasteiger partial charge in [-0.05, 0) is 18.9 Å². The summed E-state index contributed by atoms with van der Waals surface area (Å²) in [6, 6.07) is 0. The molecule has 17 heavy (non-hydrogen) atoms. The van der Waals surface area contributed by atoms with Crippen molar-refractivity contribution >= 4 is 12.3 Å². The van der Waals surface area contributed by atoms with Crippen molar-refractivity contribution in [3.05, 3.63) is 11.6 Å². The molecule has 0 saturated heterocycles. The summed E-state index contributed by atoms with van der Waals surface area (Å²) in [5.74, 6) is 2.31. The zero-order valence-electron chi connectivity index (χ0n) is 9.89. The van der Waals surface area contributed by atoms with Gasteiger partial charge in [-0.1, -0.05) is 17.2 Å². The van der Waals surface area contributed by atoms with Crippen LogP contribution in [0.15, 0.2) is 16.8 Å². The van der Waals surface area contributed by atoms with E-state index in [1.807, 2.05) is 6.08 Å². The fourth-order valence-corrected chi connectivity index (χ4v) is 1.41. The number of carbonyl (C=O) groups is 1. The van der Waals surface area contributed by atoms with Gasteiger partial charge in [-0.3, -0.25) is 0 Å². The quantitative estimate of drug-likeness (QED) is 0.321. The average Bonchev–Trinajstić information content (AvgIpc) is 2.35. The van der Waals surface area contributed by atoms with Gasteiger partial charge in [0.2, 0.25) is 0 Å². The first-order chi connectivity index (χ1) is 8.27. The summed E-state index contributed by atoms with van der Waals surface area (Å²) < 4.78 is 4.93. The minimum absolute atomic E-state index is 0.144. The van der Waals surface area contributed by atoms with Crippen LogP contribution in [-0.2, 0) is 9.57 Å². The van der Waals surface area contributed by atoms with Gasteiger partial charge < -0.3 is 14.5 Å². The maximum absolute atomic E-state index is 11.5. The summed E-state index contributed by atoms with van der Waals surface area (Å²) in [6.45, 7) is 3.47. The third-order valence-electron chi connectivity index (χ3n) is 2.15. The zero-order valence-corrected chi connectivity index (χ0v) is 9.89. The third kappa shape index (κ3) is 4.60. The lowest BCUT2D eigenvalue weighted by atomic mass is 10.1. The summed E-state index contributed by atoms with van der Waals surface area (Å²) in [5.41, 5.74) is 0.918. The first-order valence-corrected chi connectivity index (χ1v) is 5.47. The fourth-order valence-electron chi connectivity index (χ4n) is 1.41. The topological polar surface area (TPSA) is 51.1 Å². The van der Waals surface area contributed by atoms with Crippen LogP contribution in [0, 0.1) is 12.3 Å². The molecule has 1 aliphatic rings. The summed E-state index contributed by atoms with van der Waals surface area (Å²) in [7, 11) is 0. The molecule has 0 N–H and O–H groups in total. The minimum atomic E-state index is -0.295. The molecule has 92 valence electrons. The molecule has 1 heterocycles. The molecule has 0 saturated carbocycles. The number of rotatable bonds is 4. The van der Waals surface area contributed by atoms with Gasteiger partial charge in [-0.25, -0.2) is 4.79 Å². The van der Waals surface area contributed by atoms with Crippen LogP contribution in [0.25, 0.3) is 0 Å². The monoisotopic (exact) mass is 236 g/mol. The first-order valence-electron chi connectivity index (χ1n) is 5.47. The Morgan fingerprint density at radius 3 is 3.29 bits per heavy atom. The molecular formula is C12H16N2O3. The number of oxime groups is 1. The van der Waals surface area contributed by atoms with Crippen molar-refractivity contribution in [2.75, 3.05) is 26.3 Å². The van der Waals surface area contributed by atoms with Gasteiger partial charge in [-0.2, -0.15) is 0 Å². The van der Waals surface area contributed by atoms with E-state index in [9.17, 15) is 4.79 Å². The number of carbonyl (C=O) groups excluding carboxylic acids is 1. The number of hydrogen-bond donors (Lipinski definition) is 0. The smallest absolute Gasteiger partial charge is 0.410 e. The highest BCUT2D eigenvalue weighted by Gasteiger charge is 2.18. The lowest BCUT2D eigenvalue weighted by Crippen LogP contribution is -2.36. The average molecular weight is 236 g/mol. The Bertz CT molecular complexity index is 355. The Morgan fingerprint density at radius 1 is 1.76 bits per heavy atom. The molecule has 0 spiro atoms. The second-order valence-corrected chi connectivity index (χ2v) is 3.40. The highest BCUT2D eigenvalue weighted by atomic mass is 16.6. The number of hydrogen-bond acceptors (Lipinski definition) is 4. The van der Waals surface area contributed by atoms with Gasteiger partial charge in [-0.15, -0.1) is 6.42 Å². The van der Waals surface area contributed by atoms with Gasteiger partial charge in [0, 0.05) is 6.54 Å². The Kier molecular flexibility index (Phi) is 5.66. The van der Waals surface area contributed by atoms with Crippen LogP contribution in [0.2, 0.25) is 0 Å². The van der Waals surface area contributed by atoms with E-state index >= 15 is 0 Å². The van der Waals surface area contributed by atoms with Crippen LogP contribution in [0.1, 0.15) is 13.3 Å². The Hall–Kier alpha value is -1.96. The van der Waals surface area contributed by atoms with Crippen molar-refractivity contribution in [1.82, 2.24) is 4.90 Å². The highest BCUT2D eigenvalue weighted by Crippen LogP contribution is 2.09. The van der Waals surface area contributed by atoms with Gasteiger partial charge in [0.1, 0.15) is 0 Å². The summed E-state index contributed by atoms with van der Waals surface area (Å²) in [5, 5.41) is 3.71. The lowest BCUT2D eigenvalue weighted by molar-refractivity contribution is 0.110. The third-order valence-corrected chi connectivity index (χ3v) is 2.15. The predicted molar refractivity (Wildman–Crippen MR) is 64.6 cm³/mol. The summed E-state index contributed by atoms with van der Waals surface area (Å²) in [6.07, 6.45) is 9.09. The first kappa shape index (κ1) is 13.1. The molecule has 0 aromatic carbocycles. The molecule has 0 aromatic rings. The number of nitrogens with zero attached hydrogens (tertiary/aromatic N) is 2. The van der Waals surface area contributed by atoms with Crippen LogP contribution < -0.4 is 0 Å². The maximum Gasteiger partial charge on any atom is 0.410 e. The Balaban J connectivity index is 2.43. The second-order valence-electron chi connectivity index (χ2n) is 3.40. The standard InChI is InChI=1S/C12H16N2O3/c1-3-8-17-13-9-11-6-5-7-14(10-11)12(15)16-4-2/h1,6,9H,4-5,7-8,10H2,2H3. The van der Waals surface area contributed by atoms with Crippen molar-refractivity contribution in [3.63, 3.8) is 0 Å². The Labute approximate surface area is 101 Å². The largest absolute Gasteiger partial charge is 0.450 e. The summed E-state index contributed by atoms with van der Waals surface area (Å²) >= 11 is 0. The van der Waals surface area contributed by atoms with E-state index < -0.39 is 0 Å². The highest BCUT2D eigenvalue weighted by molar-refractivity contribution is 5.80. The predicted octanol–water partition coefficient (Wildman–Crippen LogP) is 1.41. The van der Waals surface area contributed by atoms with Crippen LogP contribution in [0.4, 0.5) is 4.79 Å². The van der Waals surface area contributed by atoms with Gasteiger partial charge in [0.25, 0.3) is 0 Å². The van der Waals surface area contributed by atoms with E-state index in [-0.39, 0.29) is 12.7 Å². The van der Waals surface area contributed by atoms with E-state index in [0.29, 0.717) is 19.7 Å². The summed E-state index contributed by atoms with van der Waals surface area (Å²) in [4.78, 5) is 17.9. The fraction of sp³-hybridized carbons (Fsp3) is 0.500. The van der Waals surface area contributed by atoms with Crippen molar-refractivity contribution in [2.45, 2.75) is 13.3 Å². The van der Waals surface area contributed by atoms with Crippen LogP contribution in [-0.4, -0.2) is 43.5 Å². The van der Waals surface area contributed by atoms with Crippen LogP contribution >= 0.6 is 0 Å². The Morgan fingerprint density at radius 2 is 2.59 bits per heavy atom. The molecule has 0 unspecified atom stereocenters. The van der Waals surface area contributed by atoms with Gasteiger partial charge in [0.15, 0.2) is 6.61 Å². The van der Waals surface area contributed by atoms with E-state index in [2.05, 4.69) is 11.1 Å². The molecule has 1 rings (SSSR count). The number of ether oxygens (including phenoxy) is 1. The second kappa shape index (κ2) is 7.34. The molecule has 0 fully saturated rings. The molecule has 0 atom stereocenters. The van der Waals surface area contributed by atoms with E-state index in [4.69, 9.17) is 16.0 Å². The van der Waals surface area contributed by atoms with Crippen LogP contribution in [0.5, 0.6) is 0 Å². The molecule has 5 nitrogen and oxygen atoms in total. The number of terminal acetylenes is 1.